The van der Waals surface area contributed by atoms with E-state index in [2.05, 4.69) is 15.0 Å². The molecule has 1 fully saturated rings. The van der Waals surface area contributed by atoms with Crippen LogP contribution in [0.25, 0.3) is 11.4 Å². The van der Waals surface area contributed by atoms with E-state index in [9.17, 15) is 9.59 Å². The number of nitrogens with zero attached hydrogens (tertiary/aromatic N) is 4. The fourth-order valence-corrected chi connectivity index (χ4v) is 2.76. The Morgan fingerprint density at radius 1 is 1.40 bits per heavy atom. The highest BCUT2D eigenvalue weighted by molar-refractivity contribution is 5.95. The van der Waals surface area contributed by atoms with E-state index in [0.717, 1.165) is 5.56 Å². The summed E-state index contributed by atoms with van der Waals surface area (Å²) in [6.07, 6.45) is 4.65. The zero-order valence-electron chi connectivity index (χ0n) is 13.8. The van der Waals surface area contributed by atoms with E-state index >= 15 is 0 Å². The molecule has 3 heterocycles. The highest BCUT2D eigenvalue weighted by Gasteiger charge is 2.31. The summed E-state index contributed by atoms with van der Waals surface area (Å²) in [6, 6.07) is 3.14. The lowest BCUT2D eigenvalue weighted by molar-refractivity contribution is -0.139. The zero-order valence-corrected chi connectivity index (χ0v) is 13.8. The molecule has 0 aliphatic carbocycles. The smallest absolute Gasteiger partial charge is 0.305 e. The molecule has 25 heavy (non-hydrogen) atoms. The Morgan fingerprint density at radius 3 is 2.92 bits per heavy atom. The monoisotopic (exact) mass is 342 g/mol. The van der Waals surface area contributed by atoms with Crippen molar-refractivity contribution in [3.8, 4) is 11.4 Å². The third-order valence-electron chi connectivity index (χ3n) is 4.03. The number of carbonyl (C=O) groups is 2. The number of aliphatic carboxylic acids is 1. The zero-order chi connectivity index (χ0) is 17.8. The van der Waals surface area contributed by atoms with Crippen molar-refractivity contribution >= 4 is 11.9 Å². The van der Waals surface area contributed by atoms with E-state index in [1.165, 1.54) is 11.1 Å². The number of ether oxygens (including phenoxy) is 1. The Morgan fingerprint density at radius 2 is 2.24 bits per heavy atom. The number of hydrogen-bond donors (Lipinski definition) is 1. The van der Waals surface area contributed by atoms with Crippen LogP contribution in [0.2, 0.25) is 0 Å². The first kappa shape index (κ1) is 17.0. The van der Waals surface area contributed by atoms with Gasteiger partial charge in [0.05, 0.1) is 36.9 Å². The Bertz CT molecular complexity index is 781. The van der Waals surface area contributed by atoms with Gasteiger partial charge in [0.2, 0.25) is 0 Å². The molecule has 1 aliphatic heterocycles. The number of morpholine rings is 1. The molecule has 0 saturated carbocycles. The standard InChI is InChI=1S/C17H18N4O4/c1-11-14(9-19-16(20-11)12-3-2-4-18-8-12)17(24)21-5-6-25-10-13(21)7-15(22)23/h2-4,8-9,13H,5-7,10H2,1H3,(H,22,23)/t13-/m0/s1. The second-order valence-corrected chi connectivity index (χ2v) is 5.76. The van der Waals surface area contributed by atoms with Crippen molar-refractivity contribution in [3.05, 3.63) is 42.0 Å². The van der Waals surface area contributed by atoms with Crippen LogP contribution in [-0.4, -0.2) is 62.6 Å². The molecule has 2 aromatic rings. The minimum atomic E-state index is -0.965. The second kappa shape index (κ2) is 7.35. The van der Waals surface area contributed by atoms with E-state index in [1.54, 1.807) is 25.4 Å². The van der Waals surface area contributed by atoms with E-state index in [0.29, 0.717) is 30.2 Å². The van der Waals surface area contributed by atoms with Gasteiger partial charge in [0, 0.05) is 30.7 Å². The molecule has 2 aromatic heterocycles. The maximum atomic E-state index is 12.8. The molecular weight excluding hydrogens is 324 g/mol. The molecule has 1 saturated heterocycles. The first-order valence-electron chi connectivity index (χ1n) is 7.91. The first-order valence-corrected chi connectivity index (χ1v) is 7.91. The lowest BCUT2D eigenvalue weighted by atomic mass is 10.1. The van der Waals surface area contributed by atoms with E-state index in [4.69, 9.17) is 9.84 Å². The van der Waals surface area contributed by atoms with Gasteiger partial charge in [-0.25, -0.2) is 9.97 Å². The summed E-state index contributed by atoms with van der Waals surface area (Å²) >= 11 is 0. The topological polar surface area (TPSA) is 106 Å². The Balaban J connectivity index is 1.85. The summed E-state index contributed by atoms with van der Waals surface area (Å²) in [6.45, 7) is 2.68. The van der Waals surface area contributed by atoms with E-state index in [-0.39, 0.29) is 18.9 Å². The maximum Gasteiger partial charge on any atom is 0.305 e. The van der Waals surface area contributed by atoms with Gasteiger partial charge in [-0.05, 0) is 19.1 Å². The number of hydrogen-bond acceptors (Lipinski definition) is 6. The van der Waals surface area contributed by atoms with Crippen molar-refractivity contribution in [3.63, 3.8) is 0 Å². The van der Waals surface area contributed by atoms with Gasteiger partial charge in [0.1, 0.15) is 0 Å². The summed E-state index contributed by atoms with van der Waals surface area (Å²) in [5.74, 6) is -0.746. The van der Waals surface area contributed by atoms with Gasteiger partial charge in [0.25, 0.3) is 5.91 Å². The SMILES string of the molecule is Cc1nc(-c2cccnc2)ncc1C(=O)N1CCOC[C@@H]1CC(=O)O. The van der Waals surface area contributed by atoms with Crippen LogP contribution in [0.4, 0.5) is 0 Å². The number of amides is 1. The van der Waals surface area contributed by atoms with E-state index < -0.39 is 12.0 Å². The molecular formula is C17H18N4O4. The summed E-state index contributed by atoms with van der Waals surface area (Å²) in [5.41, 5.74) is 1.67. The minimum Gasteiger partial charge on any atom is -0.481 e. The van der Waals surface area contributed by atoms with Crippen LogP contribution < -0.4 is 0 Å². The van der Waals surface area contributed by atoms with Crippen molar-refractivity contribution in [2.24, 2.45) is 0 Å². The first-order chi connectivity index (χ1) is 12.1. The summed E-state index contributed by atoms with van der Waals surface area (Å²) in [4.78, 5) is 38.1. The Hall–Kier alpha value is -2.87. The molecule has 0 spiro atoms. The fraction of sp³-hybridized carbons (Fsp3) is 0.353. The van der Waals surface area contributed by atoms with Crippen LogP contribution >= 0.6 is 0 Å². The highest BCUT2D eigenvalue weighted by atomic mass is 16.5. The average Bonchev–Trinajstić information content (AvgIpc) is 2.62. The van der Waals surface area contributed by atoms with Gasteiger partial charge < -0.3 is 14.7 Å². The second-order valence-electron chi connectivity index (χ2n) is 5.76. The number of carboxylic acid groups (broad SMARTS) is 1. The lowest BCUT2D eigenvalue weighted by Crippen LogP contribution is -2.49. The molecule has 130 valence electrons. The third-order valence-corrected chi connectivity index (χ3v) is 4.03. The van der Waals surface area contributed by atoms with Crippen molar-refractivity contribution in [2.75, 3.05) is 19.8 Å². The summed E-state index contributed by atoms with van der Waals surface area (Å²) < 4.78 is 5.31. The van der Waals surface area contributed by atoms with Crippen LogP contribution in [-0.2, 0) is 9.53 Å². The predicted molar refractivity (Wildman–Crippen MR) is 87.9 cm³/mol. The summed E-state index contributed by atoms with van der Waals surface area (Å²) in [7, 11) is 0. The fourth-order valence-electron chi connectivity index (χ4n) is 2.76. The van der Waals surface area contributed by atoms with Crippen LogP contribution in [0.15, 0.2) is 30.7 Å². The molecule has 0 radical (unpaired) electrons. The van der Waals surface area contributed by atoms with E-state index in [1.807, 2.05) is 6.07 Å². The number of aromatic nitrogens is 3. The quantitative estimate of drug-likeness (QED) is 0.889. The molecule has 0 bridgehead atoms. The third kappa shape index (κ3) is 3.80. The number of carboxylic acids is 1. The Kier molecular flexibility index (Phi) is 4.99. The van der Waals surface area contributed by atoms with Crippen LogP contribution in [0.3, 0.4) is 0 Å². The van der Waals surface area contributed by atoms with Crippen LogP contribution in [0.1, 0.15) is 22.5 Å². The Labute approximate surface area is 144 Å². The van der Waals surface area contributed by atoms with Crippen molar-refractivity contribution in [1.29, 1.82) is 0 Å². The molecule has 0 unspecified atom stereocenters. The minimum absolute atomic E-state index is 0.153. The van der Waals surface area contributed by atoms with Gasteiger partial charge in [-0.1, -0.05) is 0 Å². The van der Waals surface area contributed by atoms with Crippen molar-refractivity contribution in [2.45, 2.75) is 19.4 Å². The van der Waals surface area contributed by atoms with Crippen molar-refractivity contribution in [1.82, 2.24) is 19.9 Å². The molecule has 1 atom stereocenters. The molecule has 3 rings (SSSR count). The van der Waals surface area contributed by atoms with Gasteiger partial charge >= 0.3 is 5.97 Å². The van der Waals surface area contributed by atoms with Crippen molar-refractivity contribution < 1.29 is 19.4 Å². The predicted octanol–water partition coefficient (Wildman–Crippen LogP) is 1.16. The molecule has 8 heteroatoms. The van der Waals surface area contributed by atoms with Gasteiger partial charge in [-0.2, -0.15) is 0 Å². The van der Waals surface area contributed by atoms with Gasteiger partial charge in [-0.15, -0.1) is 0 Å². The van der Waals surface area contributed by atoms with Gasteiger partial charge in [0.15, 0.2) is 5.82 Å². The van der Waals surface area contributed by atoms with Crippen LogP contribution in [0, 0.1) is 6.92 Å². The normalized spacial score (nSPS) is 17.3. The van der Waals surface area contributed by atoms with Gasteiger partial charge in [-0.3, -0.25) is 14.6 Å². The number of carbonyl (C=O) groups excluding carboxylic acids is 1. The average molecular weight is 342 g/mol. The van der Waals surface area contributed by atoms with Crippen LogP contribution in [0.5, 0.6) is 0 Å². The molecule has 8 nitrogen and oxygen atoms in total. The number of aryl methyl sites for hydroxylation is 1. The molecule has 1 N–H and O–H groups in total. The number of pyridine rings is 1. The lowest BCUT2D eigenvalue weighted by Gasteiger charge is -2.35. The molecule has 1 amide bonds. The largest absolute Gasteiger partial charge is 0.481 e. The number of rotatable bonds is 4. The molecule has 0 aromatic carbocycles. The molecule has 1 aliphatic rings. The highest BCUT2D eigenvalue weighted by Crippen LogP contribution is 2.19. The summed E-state index contributed by atoms with van der Waals surface area (Å²) in [5, 5.41) is 9.03. The maximum absolute atomic E-state index is 12.8.